The first-order valence-corrected chi connectivity index (χ1v) is 8.06. The molecule has 0 heterocycles. The number of carboxylic acids is 1. The minimum atomic E-state index is -0.679. The number of unbranched alkanes of at least 4 members (excludes halogenated alkanes) is 2. The molecule has 110 valence electrons. The molecular formula is C18H26O2. The van der Waals surface area contributed by atoms with Gasteiger partial charge >= 0.3 is 5.97 Å². The summed E-state index contributed by atoms with van der Waals surface area (Å²) in [5, 5.41) is 8.58. The van der Waals surface area contributed by atoms with Crippen LogP contribution in [0, 0.1) is 0 Å². The van der Waals surface area contributed by atoms with E-state index in [1.54, 1.807) is 0 Å². The minimum absolute atomic E-state index is 0.306. The normalized spacial score (nSPS) is 16.2. The number of rotatable bonds is 7. The van der Waals surface area contributed by atoms with Crippen LogP contribution in [0.15, 0.2) is 24.3 Å². The van der Waals surface area contributed by atoms with E-state index in [-0.39, 0.29) is 0 Å². The predicted molar refractivity (Wildman–Crippen MR) is 82.1 cm³/mol. The topological polar surface area (TPSA) is 37.3 Å². The van der Waals surface area contributed by atoms with Crippen molar-refractivity contribution in [3.8, 4) is 0 Å². The molecule has 20 heavy (non-hydrogen) atoms. The molecule has 0 saturated heterocycles. The summed E-state index contributed by atoms with van der Waals surface area (Å²) in [6.45, 7) is 0. The number of aliphatic carboxylic acids is 1. The molecule has 1 aliphatic rings. The first-order chi connectivity index (χ1) is 9.75. The van der Waals surface area contributed by atoms with E-state index in [1.807, 2.05) is 0 Å². The van der Waals surface area contributed by atoms with Crippen molar-refractivity contribution in [1.82, 2.24) is 0 Å². The summed E-state index contributed by atoms with van der Waals surface area (Å²) in [4.78, 5) is 10.4. The quantitative estimate of drug-likeness (QED) is 0.716. The van der Waals surface area contributed by atoms with Crippen LogP contribution >= 0.6 is 0 Å². The van der Waals surface area contributed by atoms with Crippen LogP contribution in [0.3, 0.4) is 0 Å². The molecule has 0 amide bonds. The Morgan fingerprint density at radius 3 is 2.35 bits per heavy atom. The van der Waals surface area contributed by atoms with Crippen molar-refractivity contribution in [2.45, 2.75) is 70.1 Å². The molecule has 1 aromatic rings. The Balaban J connectivity index is 1.72. The highest BCUT2D eigenvalue weighted by Crippen LogP contribution is 2.32. The van der Waals surface area contributed by atoms with Gasteiger partial charge in [-0.25, -0.2) is 0 Å². The van der Waals surface area contributed by atoms with Crippen LogP contribution in [-0.4, -0.2) is 11.1 Å². The summed E-state index contributed by atoms with van der Waals surface area (Å²) in [5.41, 5.74) is 2.90. The first kappa shape index (κ1) is 15.1. The highest BCUT2D eigenvalue weighted by molar-refractivity contribution is 5.66. The Kier molecular flexibility index (Phi) is 6.10. The molecule has 1 aliphatic carbocycles. The van der Waals surface area contributed by atoms with Gasteiger partial charge in [0.25, 0.3) is 0 Å². The Morgan fingerprint density at radius 1 is 1.00 bits per heavy atom. The third-order valence-corrected chi connectivity index (χ3v) is 4.41. The van der Waals surface area contributed by atoms with E-state index in [0.717, 1.165) is 31.6 Å². The van der Waals surface area contributed by atoms with Gasteiger partial charge in [0.05, 0.1) is 0 Å². The molecule has 2 heteroatoms. The zero-order chi connectivity index (χ0) is 14.2. The number of carbonyl (C=O) groups is 1. The smallest absolute Gasteiger partial charge is 0.303 e. The number of benzene rings is 1. The summed E-state index contributed by atoms with van der Waals surface area (Å²) in [6.07, 6.45) is 11.2. The van der Waals surface area contributed by atoms with E-state index in [1.165, 1.54) is 43.2 Å². The number of aryl methyl sites for hydroxylation is 1. The average Bonchev–Trinajstić information content (AvgIpc) is 2.48. The van der Waals surface area contributed by atoms with Crippen LogP contribution in [0.1, 0.15) is 74.8 Å². The monoisotopic (exact) mass is 274 g/mol. The molecule has 0 aromatic heterocycles. The second kappa shape index (κ2) is 8.08. The zero-order valence-electron chi connectivity index (χ0n) is 12.3. The van der Waals surface area contributed by atoms with E-state index >= 15 is 0 Å². The molecule has 0 spiro atoms. The Labute approximate surface area is 122 Å². The molecule has 0 unspecified atom stereocenters. The lowest BCUT2D eigenvalue weighted by Crippen LogP contribution is -2.04. The van der Waals surface area contributed by atoms with Crippen molar-refractivity contribution >= 4 is 5.97 Å². The maximum atomic E-state index is 10.4. The molecule has 2 rings (SSSR count). The minimum Gasteiger partial charge on any atom is -0.481 e. The van der Waals surface area contributed by atoms with Crippen LogP contribution in [0.2, 0.25) is 0 Å². The van der Waals surface area contributed by atoms with Gasteiger partial charge < -0.3 is 5.11 Å². The lowest BCUT2D eigenvalue weighted by Gasteiger charge is -2.22. The van der Waals surface area contributed by atoms with Gasteiger partial charge in [0.15, 0.2) is 0 Å². The molecule has 0 aliphatic heterocycles. The largest absolute Gasteiger partial charge is 0.481 e. The van der Waals surface area contributed by atoms with Crippen molar-refractivity contribution < 1.29 is 9.90 Å². The third kappa shape index (κ3) is 4.99. The zero-order valence-corrected chi connectivity index (χ0v) is 12.3. The number of hydrogen-bond acceptors (Lipinski definition) is 1. The van der Waals surface area contributed by atoms with Gasteiger partial charge in [-0.3, -0.25) is 4.79 Å². The lowest BCUT2D eigenvalue weighted by atomic mass is 9.84. The van der Waals surface area contributed by atoms with Crippen LogP contribution in [0.4, 0.5) is 0 Å². The highest BCUT2D eigenvalue weighted by Gasteiger charge is 2.14. The standard InChI is InChI=1S/C18H26O2/c19-18(20)10-6-1-3-7-15-11-13-17(14-12-15)16-8-4-2-5-9-16/h11-14,16H,1-10H2,(H,19,20). The molecule has 1 fully saturated rings. The first-order valence-electron chi connectivity index (χ1n) is 8.06. The molecule has 0 bridgehead atoms. The molecule has 1 saturated carbocycles. The van der Waals surface area contributed by atoms with Crippen molar-refractivity contribution in [2.75, 3.05) is 0 Å². The van der Waals surface area contributed by atoms with Crippen LogP contribution in [0.5, 0.6) is 0 Å². The Bertz CT molecular complexity index is 402. The maximum absolute atomic E-state index is 10.4. The maximum Gasteiger partial charge on any atom is 0.303 e. The number of carboxylic acid groups (broad SMARTS) is 1. The molecule has 0 atom stereocenters. The fourth-order valence-electron chi connectivity index (χ4n) is 3.17. The van der Waals surface area contributed by atoms with E-state index in [9.17, 15) is 4.79 Å². The summed E-state index contributed by atoms with van der Waals surface area (Å²) < 4.78 is 0. The van der Waals surface area contributed by atoms with Gasteiger partial charge in [-0.2, -0.15) is 0 Å². The summed E-state index contributed by atoms with van der Waals surface area (Å²) in [6, 6.07) is 9.15. The van der Waals surface area contributed by atoms with Gasteiger partial charge in [0, 0.05) is 6.42 Å². The van der Waals surface area contributed by atoms with E-state index in [2.05, 4.69) is 24.3 Å². The third-order valence-electron chi connectivity index (χ3n) is 4.41. The van der Waals surface area contributed by atoms with E-state index in [0.29, 0.717) is 6.42 Å². The van der Waals surface area contributed by atoms with Crippen LogP contribution < -0.4 is 0 Å². The molecule has 1 N–H and O–H groups in total. The van der Waals surface area contributed by atoms with Crippen molar-refractivity contribution in [2.24, 2.45) is 0 Å². The van der Waals surface area contributed by atoms with Gasteiger partial charge in [0.1, 0.15) is 0 Å². The van der Waals surface area contributed by atoms with Gasteiger partial charge in [-0.15, -0.1) is 0 Å². The van der Waals surface area contributed by atoms with E-state index < -0.39 is 5.97 Å². The van der Waals surface area contributed by atoms with Gasteiger partial charge in [-0.05, 0) is 49.1 Å². The van der Waals surface area contributed by atoms with Crippen molar-refractivity contribution in [3.63, 3.8) is 0 Å². The van der Waals surface area contributed by atoms with E-state index in [4.69, 9.17) is 5.11 Å². The second-order valence-electron chi connectivity index (χ2n) is 6.03. The second-order valence-corrected chi connectivity index (χ2v) is 6.03. The molecule has 2 nitrogen and oxygen atoms in total. The van der Waals surface area contributed by atoms with Crippen LogP contribution in [0.25, 0.3) is 0 Å². The van der Waals surface area contributed by atoms with Gasteiger partial charge in [-0.1, -0.05) is 49.9 Å². The summed E-state index contributed by atoms with van der Waals surface area (Å²) in [5.74, 6) is 0.107. The summed E-state index contributed by atoms with van der Waals surface area (Å²) in [7, 11) is 0. The molecular weight excluding hydrogens is 248 g/mol. The molecule has 0 radical (unpaired) electrons. The fourth-order valence-corrected chi connectivity index (χ4v) is 3.17. The summed E-state index contributed by atoms with van der Waals surface area (Å²) >= 11 is 0. The Morgan fingerprint density at radius 2 is 1.70 bits per heavy atom. The highest BCUT2D eigenvalue weighted by atomic mass is 16.4. The van der Waals surface area contributed by atoms with Gasteiger partial charge in [0.2, 0.25) is 0 Å². The Hall–Kier alpha value is -1.31. The average molecular weight is 274 g/mol. The fraction of sp³-hybridized carbons (Fsp3) is 0.611. The van der Waals surface area contributed by atoms with Crippen LogP contribution in [-0.2, 0) is 11.2 Å². The van der Waals surface area contributed by atoms with Crippen molar-refractivity contribution in [1.29, 1.82) is 0 Å². The van der Waals surface area contributed by atoms with Crippen molar-refractivity contribution in [3.05, 3.63) is 35.4 Å². The number of hydrogen-bond donors (Lipinski definition) is 1. The SMILES string of the molecule is O=C(O)CCCCCc1ccc(C2CCCCC2)cc1. The molecule has 1 aromatic carbocycles. The predicted octanol–water partition coefficient (Wildman–Crippen LogP) is 4.92. The lowest BCUT2D eigenvalue weighted by molar-refractivity contribution is -0.137.